The van der Waals surface area contributed by atoms with Crippen molar-refractivity contribution in [2.24, 2.45) is 5.73 Å². The first-order valence-electron chi connectivity index (χ1n) is 4.84. The number of hydrogen-bond acceptors (Lipinski definition) is 1. The van der Waals surface area contributed by atoms with E-state index in [9.17, 15) is 0 Å². The van der Waals surface area contributed by atoms with E-state index >= 15 is 0 Å². The van der Waals surface area contributed by atoms with Crippen LogP contribution in [0.1, 0.15) is 18.4 Å². The third kappa shape index (κ3) is 3.52. The fourth-order valence-electron chi connectivity index (χ4n) is 1.38. The van der Waals surface area contributed by atoms with E-state index in [1.54, 1.807) is 0 Å². The molecule has 0 saturated carbocycles. The predicted octanol–water partition coefficient (Wildman–Crippen LogP) is 3.18. The summed E-state index contributed by atoms with van der Waals surface area (Å²) in [6, 6.07) is 8.02. The molecule has 1 aromatic carbocycles. The van der Waals surface area contributed by atoms with Crippen LogP contribution in [0.4, 0.5) is 0 Å². The summed E-state index contributed by atoms with van der Waals surface area (Å²) in [6.07, 6.45) is 4.67. The van der Waals surface area contributed by atoms with Crippen LogP contribution in [0.3, 0.4) is 0 Å². The minimum Gasteiger partial charge on any atom is -0.327 e. The molecule has 1 rings (SSSR count). The zero-order valence-corrected chi connectivity index (χ0v) is 9.00. The first-order chi connectivity index (χ1) is 6.74. The van der Waals surface area contributed by atoms with Crippen LogP contribution in [0.2, 0.25) is 5.02 Å². The lowest BCUT2D eigenvalue weighted by Gasteiger charge is -2.11. The molecule has 1 aromatic rings. The monoisotopic (exact) mass is 209 g/mol. The molecule has 14 heavy (non-hydrogen) atoms. The van der Waals surface area contributed by atoms with Crippen molar-refractivity contribution in [1.82, 2.24) is 0 Å². The Bertz CT molecular complexity index is 296. The Balaban J connectivity index is 2.51. The van der Waals surface area contributed by atoms with Gasteiger partial charge >= 0.3 is 0 Å². The second kappa shape index (κ2) is 5.84. The third-order valence-corrected chi connectivity index (χ3v) is 2.55. The second-order valence-electron chi connectivity index (χ2n) is 3.42. The molecule has 0 aliphatic heterocycles. The first-order valence-corrected chi connectivity index (χ1v) is 5.21. The van der Waals surface area contributed by atoms with Gasteiger partial charge in [0.05, 0.1) is 0 Å². The molecule has 0 aliphatic carbocycles. The molecule has 0 aliphatic rings. The Kier molecular flexibility index (Phi) is 4.71. The molecule has 1 unspecified atom stereocenters. The van der Waals surface area contributed by atoms with Crippen molar-refractivity contribution >= 4 is 11.6 Å². The number of benzene rings is 1. The van der Waals surface area contributed by atoms with E-state index in [2.05, 4.69) is 6.58 Å². The zero-order chi connectivity index (χ0) is 10.4. The normalized spacial score (nSPS) is 12.4. The van der Waals surface area contributed by atoms with E-state index in [0.29, 0.717) is 0 Å². The van der Waals surface area contributed by atoms with E-state index in [4.69, 9.17) is 17.3 Å². The lowest BCUT2D eigenvalue weighted by molar-refractivity contribution is 0.618. The SMILES string of the molecule is C=CCCC(N)Cc1ccccc1Cl. The van der Waals surface area contributed by atoms with Gasteiger partial charge < -0.3 is 5.73 Å². The van der Waals surface area contributed by atoms with Crippen LogP contribution in [0.25, 0.3) is 0 Å². The highest BCUT2D eigenvalue weighted by Crippen LogP contribution is 2.17. The van der Waals surface area contributed by atoms with E-state index in [1.807, 2.05) is 30.3 Å². The summed E-state index contributed by atoms with van der Waals surface area (Å²) in [6.45, 7) is 3.68. The summed E-state index contributed by atoms with van der Waals surface area (Å²) >= 11 is 6.03. The summed E-state index contributed by atoms with van der Waals surface area (Å²) in [4.78, 5) is 0. The molecule has 2 N–H and O–H groups in total. The Morgan fingerprint density at radius 3 is 2.79 bits per heavy atom. The molecule has 76 valence electrons. The molecular weight excluding hydrogens is 194 g/mol. The maximum absolute atomic E-state index is 6.03. The molecule has 0 radical (unpaired) electrons. The number of allylic oxidation sites excluding steroid dienone is 1. The average Bonchev–Trinajstić information content (AvgIpc) is 2.18. The number of rotatable bonds is 5. The van der Waals surface area contributed by atoms with Gasteiger partial charge in [0, 0.05) is 11.1 Å². The molecule has 0 bridgehead atoms. The van der Waals surface area contributed by atoms with E-state index in [-0.39, 0.29) is 6.04 Å². The first kappa shape index (κ1) is 11.3. The highest BCUT2D eigenvalue weighted by Gasteiger charge is 2.05. The van der Waals surface area contributed by atoms with Gasteiger partial charge in [-0.1, -0.05) is 35.9 Å². The Morgan fingerprint density at radius 1 is 1.43 bits per heavy atom. The van der Waals surface area contributed by atoms with E-state index in [1.165, 1.54) is 0 Å². The molecule has 0 saturated heterocycles. The maximum Gasteiger partial charge on any atom is 0.0438 e. The molecule has 0 amide bonds. The largest absolute Gasteiger partial charge is 0.327 e. The van der Waals surface area contributed by atoms with Crippen LogP contribution in [0.5, 0.6) is 0 Å². The van der Waals surface area contributed by atoms with E-state index < -0.39 is 0 Å². The van der Waals surface area contributed by atoms with Crippen molar-refractivity contribution in [3.05, 3.63) is 47.5 Å². The summed E-state index contributed by atoms with van der Waals surface area (Å²) < 4.78 is 0. The molecule has 1 nitrogen and oxygen atoms in total. The van der Waals surface area contributed by atoms with Gasteiger partial charge in [-0.25, -0.2) is 0 Å². The topological polar surface area (TPSA) is 26.0 Å². The molecule has 0 heterocycles. The minimum atomic E-state index is 0.174. The van der Waals surface area contributed by atoms with Gasteiger partial charge in [-0.05, 0) is 30.9 Å². The lowest BCUT2D eigenvalue weighted by Crippen LogP contribution is -2.22. The molecular formula is C12H16ClN. The van der Waals surface area contributed by atoms with Gasteiger partial charge in [0.25, 0.3) is 0 Å². The van der Waals surface area contributed by atoms with Crippen LogP contribution in [-0.2, 0) is 6.42 Å². The van der Waals surface area contributed by atoms with Crippen molar-refractivity contribution in [3.8, 4) is 0 Å². The number of hydrogen-bond donors (Lipinski definition) is 1. The lowest BCUT2D eigenvalue weighted by atomic mass is 10.0. The average molecular weight is 210 g/mol. The zero-order valence-electron chi connectivity index (χ0n) is 8.25. The minimum absolute atomic E-state index is 0.174. The van der Waals surface area contributed by atoms with Gasteiger partial charge in [-0.15, -0.1) is 6.58 Å². The predicted molar refractivity (Wildman–Crippen MR) is 62.6 cm³/mol. The van der Waals surface area contributed by atoms with Crippen molar-refractivity contribution in [2.45, 2.75) is 25.3 Å². The van der Waals surface area contributed by atoms with Gasteiger partial charge in [-0.2, -0.15) is 0 Å². The third-order valence-electron chi connectivity index (χ3n) is 2.18. The van der Waals surface area contributed by atoms with Crippen LogP contribution < -0.4 is 5.73 Å². The highest BCUT2D eigenvalue weighted by atomic mass is 35.5. The van der Waals surface area contributed by atoms with Crippen LogP contribution >= 0.6 is 11.6 Å². The Morgan fingerprint density at radius 2 is 2.14 bits per heavy atom. The molecule has 0 aromatic heterocycles. The van der Waals surface area contributed by atoms with E-state index in [0.717, 1.165) is 29.8 Å². The molecule has 0 spiro atoms. The summed E-state index contributed by atoms with van der Waals surface area (Å²) in [5, 5.41) is 0.807. The van der Waals surface area contributed by atoms with Gasteiger partial charge in [-0.3, -0.25) is 0 Å². The van der Waals surface area contributed by atoms with Crippen LogP contribution in [-0.4, -0.2) is 6.04 Å². The Labute approximate surface area is 90.6 Å². The van der Waals surface area contributed by atoms with Crippen LogP contribution in [0.15, 0.2) is 36.9 Å². The number of nitrogens with two attached hydrogens (primary N) is 1. The summed E-state index contributed by atoms with van der Waals surface area (Å²) in [5.74, 6) is 0. The Hall–Kier alpha value is -0.790. The summed E-state index contributed by atoms with van der Waals surface area (Å²) in [5.41, 5.74) is 7.08. The van der Waals surface area contributed by atoms with Gasteiger partial charge in [0.1, 0.15) is 0 Å². The van der Waals surface area contributed by atoms with Crippen LogP contribution in [0, 0.1) is 0 Å². The fourth-order valence-corrected chi connectivity index (χ4v) is 1.59. The quantitative estimate of drug-likeness (QED) is 0.741. The van der Waals surface area contributed by atoms with Crippen molar-refractivity contribution in [2.75, 3.05) is 0 Å². The summed E-state index contributed by atoms with van der Waals surface area (Å²) in [7, 11) is 0. The van der Waals surface area contributed by atoms with Gasteiger partial charge in [0.2, 0.25) is 0 Å². The van der Waals surface area contributed by atoms with Crippen molar-refractivity contribution in [3.63, 3.8) is 0 Å². The highest BCUT2D eigenvalue weighted by molar-refractivity contribution is 6.31. The second-order valence-corrected chi connectivity index (χ2v) is 3.83. The smallest absolute Gasteiger partial charge is 0.0438 e. The standard InChI is InChI=1S/C12H16ClN/c1-2-3-7-11(14)9-10-6-4-5-8-12(10)13/h2,4-6,8,11H,1,3,7,9,14H2. The van der Waals surface area contributed by atoms with Crippen molar-refractivity contribution < 1.29 is 0 Å². The molecule has 2 heteroatoms. The fraction of sp³-hybridized carbons (Fsp3) is 0.333. The number of halogens is 1. The molecule has 1 atom stereocenters. The maximum atomic E-state index is 6.03. The molecule has 0 fully saturated rings. The van der Waals surface area contributed by atoms with Gasteiger partial charge in [0.15, 0.2) is 0 Å². The van der Waals surface area contributed by atoms with Crippen molar-refractivity contribution in [1.29, 1.82) is 0 Å².